The van der Waals surface area contributed by atoms with Gasteiger partial charge in [-0.25, -0.2) is 29.9 Å². The van der Waals surface area contributed by atoms with Gasteiger partial charge in [0.2, 0.25) is 0 Å². The van der Waals surface area contributed by atoms with Gasteiger partial charge in [-0.15, -0.1) is 0 Å². The van der Waals surface area contributed by atoms with Crippen LogP contribution in [-0.4, -0.2) is 49.8 Å². The zero-order valence-corrected chi connectivity index (χ0v) is 35.0. The van der Waals surface area contributed by atoms with Crippen molar-refractivity contribution in [2.24, 2.45) is 0 Å². The van der Waals surface area contributed by atoms with Crippen molar-refractivity contribution in [1.82, 2.24) is 49.8 Å². The van der Waals surface area contributed by atoms with Crippen molar-refractivity contribution in [3.63, 3.8) is 0 Å². The molecular weight excluding hydrogens is 815 g/mol. The second-order valence-electron chi connectivity index (χ2n) is 15.4. The monoisotopic (exact) mass is 847 g/mol. The van der Waals surface area contributed by atoms with Crippen LogP contribution in [0.1, 0.15) is 5.56 Å². The quantitative estimate of drug-likeness (QED) is 0.136. The lowest BCUT2D eigenvalue weighted by atomic mass is 9.90. The molecule has 0 aliphatic carbocycles. The molecule has 0 atom stereocenters. The summed E-state index contributed by atoms with van der Waals surface area (Å²) < 4.78 is 0. The average Bonchev–Trinajstić information content (AvgIpc) is 3.41. The van der Waals surface area contributed by atoms with Crippen molar-refractivity contribution in [1.29, 1.82) is 5.26 Å². The Morgan fingerprint density at radius 3 is 1.00 bits per heavy atom. The van der Waals surface area contributed by atoms with E-state index < -0.39 is 0 Å². The first-order chi connectivity index (χ1) is 32.6. The first kappa shape index (κ1) is 39.3. The minimum Gasteiger partial charge on any atom is -0.264 e. The number of aromatic nitrogens is 10. The number of nitrogens with zero attached hydrogens (tertiary/aromatic N) is 11. The molecule has 11 rings (SSSR count). The molecule has 0 amide bonds. The fourth-order valence-corrected chi connectivity index (χ4v) is 7.80. The van der Waals surface area contributed by atoms with E-state index in [2.05, 4.69) is 80.6 Å². The predicted octanol–water partition coefficient (Wildman–Crippen LogP) is 11.7. The summed E-state index contributed by atoms with van der Waals surface area (Å²) in [4.78, 5) is 46.3. The lowest BCUT2D eigenvalue weighted by molar-refractivity contribution is 1.07. The minimum absolute atomic E-state index is 0.523. The van der Waals surface area contributed by atoms with E-state index in [-0.39, 0.29) is 0 Å². The van der Waals surface area contributed by atoms with Gasteiger partial charge in [-0.05, 0) is 123 Å². The van der Waals surface area contributed by atoms with Crippen molar-refractivity contribution in [2.45, 2.75) is 0 Å². The summed E-state index contributed by atoms with van der Waals surface area (Å²) in [6, 6.07) is 52.7. The molecule has 0 N–H and O–H groups in total. The Balaban J connectivity index is 0.965. The highest BCUT2D eigenvalue weighted by Gasteiger charge is 2.17. The third-order valence-corrected chi connectivity index (χ3v) is 11.2. The summed E-state index contributed by atoms with van der Waals surface area (Å²) in [5.74, 6) is 3.20. The van der Waals surface area contributed by atoms with Crippen LogP contribution in [0.15, 0.2) is 201 Å². The Bertz CT molecular complexity index is 3430. The van der Waals surface area contributed by atoms with Gasteiger partial charge in [-0.1, -0.05) is 72.8 Å². The third-order valence-electron chi connectivity index (χ3n) is 11.2. The highest BCUT2D eigenvalue weighted by molar-refractivity contribution is 5.98. The van der Waals surface area contributed by atoms with E-state index in [1.165, 1.54) is 0 Å². The fraction of sp³-hybridized carbons (Fsp3) is 0. The zero-order valence-electron chi connectivity index (χ0n) is 35.0. The molecule has 5 aromatic carbocycles. The van der Waals surface area contributed by atoms with Crippen LogP contribution in [0, 0.1) is 11.3 Å². The van der Waals surface area contributed by atoms with Crippen molar-refractivity contribution in [2.75, 3.05) is 0 Å². The predicted molar refractivity (Wildman–Crippen MR) is 256 cm³/mol. The molecule has 6 heterocycles. The number of fused-ring (bicyclic) bond motifs is 1. The van der Waals surface area contributed by atoms with Gasteiger partial charge in [-0.3, -0.25) is 19.9 Å². The molecule has 308 valence electrons. The molecule has 0 aliphatic heterocycles. The van der Waals surface area contributed by atoms with Crippen LogP contribution in [-0.2, 0) is 0 Å². The first-order valence-electron chi connectivity index (χ1n) is 21.1. The maximum absolute atomic E-state index is 9.57. The van der Waals surface area contributed by atoms with E-state index in [1.807, 2.05) is 97.1 Å². The molecule has 66 heavy (non-hydrogen) atoms. The third kappa shape index (κ3) is 8.01. The molecule has 0 bridgehead atoms. The first-order valence-corrected chi connectivity index (χ1v) is 21.1. The van der Waals surface area contributed by atoms with E-state index in [0.29, 0.717) is 40.5 Å². The Kier molecular flexibility index (Phi) is 10.3. The van der Waals surface area contributed by atoms with Crippen molar-refractivity contribution in [3.8, 4) is 108 Å². The summed E-state index contributed by atoms with van der Waals surface area (Å²) in [5.41, 5.74) is 11.7. The zero-order chi connectivity index (χ0) is 44.2. The molecular formula is C55H33N11. The van der Waals surface area contributed by atoms with Gasteiger partial charge in [-0.2, -0.15) is 5.26 Å². The maximum Gasteiger partial charge on any atom is 0.165 e. The Labute approximate surface area is 379 Å². The van der Waals surface area contributed by atoms with E-state index in [4.69, 9.17) is 29.9 Å². The molecule has 11 nitrogen and oxygen atoms in total. The van der Waals surface area contributed by atoms with Crippen LogP contribution in [0.25, 0.3) is 112 Å². The number of benzene rings is 5. The van der Waals surface area contributed by atoms with Crippen LogP contribution in [0.5, 0.6) is 0 Å². The molecule has 0 fully saturated rings. The lowest BCUT2D eigenvalue weighted by Gasteiger charge is -2.15. The normalized spacial score (nSPS) is 11.0. The largest absolute Gasteiger partial charge is 0.264 e. The summed E-state index contributed by atoms with van der Waals surface area (Å²) >= 11 is 0. The van der Waals surface area contributed by atoms with Gasteiger partial charge in [0.15, 0.2) is 34.9 Å². The molecule has 11 aromatic rings. The molecule has 0 saturated carbocycles. The highest BCUT2D eigenvalue weighted by Crippen LogP contribution is 2.38. The summed E-state index contributed by atoms with van der Waals surface area (Å²) in [6.07, 6.45) is 13.9. The number of pyridine rings is 4. The van der Waals surface area contributed by atoms with Crippen molar-refractivity contribution in [3.05, 3.63) is 207 Å². The van der Waals surface area contributed by atoms with E-state index in [0.717, 1.165) is 77.5 Å². The molecule has 0 unspecified atom stereocenters. The Morgan fingerprint density at radius 2 is 0.621 bits per heavy atom. The maximum atomic E-state index is 9.57. The average molecular weight is 848 g/mol. The number of hydrogen-bond acceptors (Lipinski definition) is 11. The van der Waals surface area contributed by atoms with E-state index in [9.17, 15) is 5.26 Å². The standard InChI is InChI=1S/C55H33N11/c56-30-35-9-11-37(12-10-35)48-28-42-22-21-41(36-13-17-39(18-14-36)50-61-52(43-5-1-23-57-31-43)65-53(62-50)44-6-2-24-58-32-44)27-47(42)29-49(48)38-15-19-40(20-16-38)51-63-54(45-7-3-25-59-33-45)66-55(64-51)46-8-4-26-60-34-46/h1-29,31-34H. The van der Waals surface area contributed by atoms with Gasteiger partial charge in [0.05, 0.1) is 11.6 Å². The molecule has 6 aromatic heterocycles. The minimum atomic E-state index is 0.523. The molecule has 0 spiro atoms. The molecule has 0 radical (unpaired) electrons. The van der Waals surface area contributed by atoms with Crippen LogP contribution >= 0.6 is 0 Å². The van der Waals surface area contributed by atoms with Crippen LogP contribution in [0.3, 0.4) is 0 Å². The second kappa shape index (κ2) is 17.3. The molecule has 11 heteroatoms. The number of nitriles is 1. The Hall–Kier alpha value is -9.53. The molecule has 0 aliphatic rings. The van der Waals surface area contributed by atoms with E-state index >= 15 is 0 Å². The SMILES string of the molecule is N#Cc1ccc(-c2cc3ccc(-c4ccc(-c5nc(-c6cccnc6)nc(-c6cccnc6)n5)cc4)cc3cc2-c2ccc(-c3nc(-c4cccnc4)nc(-c4cccnc4)n3)cc2)cc1. The molecule has 0 saturated heterocycles. The van der Waals surface area contributed by atoms with Gasteiger partial charge in [0, 0.05) is 83.0 Å². The number of hydrogen-bond donors (Lipinski definition) is 0. The van der Waals surface area contributed by atoms with Crippen LogP contribution in [0.2, 0.25) is 0 Å². The number of rotatable bonds is 9. The summed E-state index contributed by atoms with van der Waals surface area (Å²) in [5, 5.41) is 11.7. The van der Waals surface area contributed by atoms with E-state index in [1.54, 1.807) is 49.6 Å². The summed E-state index contributed by atoms with van der Waals surface area (Å²) in [6.45, 7) is 0. The second-order valence-corrected chi connectivity index (χ2v) is 15.4. The van der Waals surface area contributed by atoms with Crippen LogP contribution in [0.4, 0.5) is 0 Å². The summed E-state index contributed by atoms with van der Waals surface area (Å²) in [7, 11) is 0. The van der Waals surface area contributed by atoms with Crippen molar-refractivity contribution < 1.29 is 0 Å². The van der Waals surface area contributed by atoms with Gasteiger partial charge in [0.1, 0.15) is 0 Å². The smallest absolute Gasteiger partial charge is 0.165 e. The Morgan fingerprint density at radius 1 is 0.288 bits per heavy atom. The van der Waals surface area contributed by atoms with Crippen molar-refractivity contribution >= 4 is 10.8 Å². The lowest BCUT2D eigenvalue weighted by Crippen LogP contribution is -2.00. The fourth-order valence-electron chi connectivity index (χ4n) is 7.80. The topological polar surface area (TPSA) is 153 Å². The highest BCUT2D eigenvalue weighted by atomic mass is 15.0. The van der Waals surface area contributed by atoms with Gasteiger partial charge < -0.3 is 0 Å². The van der Waals surface area contributed by atoms with Crippen LogP contribution < -0.4 is 0 Å². The van der Waals surface area contributed by atoms with Gasteiger partial charge >= 0.3 is 0 Å². The van der Waals surface area contributed by atoms with Gasteiger partial charge in [0.25, 0.3) is 0 Å².